The number of pyridine rings is 1. The number of aryl methyl sites for hydroxylation is 2. The van der Waals surface area contributed by atoms with Crippen molar-refractivity contribution in [2.45, 2.75) is 32.6 Å². The second kappa shape index (κ2) is 6.36. The molecular formula is C14H18N2O2. The Bertz CT molecular complexity index is 452. The molecule has 0 aromatic carbocycles. The van der Waals surface area contributed by atoms with Crippen LogP contribution < -0.4 is 4.74 Å². The van der Waals surface area contributed by atoms with Gasteiger partial charge in [0.25, 0.3) is 0 Å². The summed E-state index contributed by atoms with van der Waals surface area (Å²) in [4.78, 5) is 4.48. The molecule has 1 aliphatic carbocycles. The van der Waals surface area contributed by atoms with Gasteiger partial charge in [-0.3, -0.25) is 0 Å². The van der Waals surface area contributed by atoms with Crippen LogP contribution in [0.2, 0.25) is 0 Å². The Kier molecular flexibility index (Phi) is 4.54. The number of ether oxygens (including phenoxy) is 2. The molecule has 0 bridgehead atoms. The zero-order chi connectivity index (χ0) is 12.8. The van der Waals surface area contributed by atoms with Crippen LogP contribution in [-0.4, -0.2) is 24.8 Å². The first kappa shape index (κ1) is 12.8. The first-order chi connectivity index (χ1) is 8.85. The molecule has 2 rings (SSSR count). The van der Waals surface area contributed by atoms with Gasteiger partial charge in [-0.15, -0.1) is 0 Å². The molecule has 0 N–H and O–H groups in total. The Morgan fingerprint density at radius 2 is 2.17 bits per heavy atom. The van der Waals surface area contributed by atoms with Gasteiger partial charge in [-0.25, -0.2) is 4.98 Å². The third-order valence-corrected chi connectivity index (χ3v) is 3.06. The second-order valence-electron chi connectivity index (χ2n) is 4.31. The summed E-state index contributed by atoms with van der Waals surface area (Å²) < 4.78 is 10.7. The summed E-state index contributed by atoms with van der Waals surface area (Å²) in [6, 6.07) is 4.09. The third-order valence-electron chi connectivity index (χ3n) is 3.06. The highest BCUT2D eigenvalue weighted by Gasteiger charge is 2.15. The summed E-state index contributed by atoms with van der Waals surface area (Å²) in [7, 11) is 0. The molecule has 4 nitrogen and oxygen atoms in total. The summed E-state index contributed by atoms with van der Waals surface area (Å²) in [5.74, 6) is 0.456. The van der Waals surface area contributed by atoms with Crippen molar-refractivity contribution in [3.05, 3.63) is 22.9 Å². The SMILES string of the molecule is CCOCCOc1nc2c(cc1C#N)CCCC2. The highest BCUT2D eigenvalue weighted by atomic mass is 16.5. The van der Waals surface area contributed by atoms with Gasteiger partial charge >= 0.3 is 0 Å². The van der Waals surface area contributed by atoms with E-state index in [-0.39, 0.29) is 0 Å². The van der Waals surface area contributed by atoms with Gasteiger partial charge in [-0.05, 0) is 44.2 Å². The summed E-state index contributed by atoms with van der Waals surface area (Å²) in [5.41, 5.74) is 2.83. The molecular weight excluding hydrogens is 228 g/mol. The summed E-state index contributed by atoms with van der Waals surface area (Å²) >= 11 is 0. The molecule has 0 fully saturated rings. The fourth-order valence-corrected chi connectivity index (χ4v) is 2.15. The minimum absolute atomic E-state index is 0.439. The topological polar surface area (TPSA) is 55.1 Å². The average Bonchev–Trinajstić information content (AvgIpc) is 2.42. The lowest BCUT2D eigenvalue weighted by Crippen LogP contribution is -2.12. The van der Waals surface area contributed by atoms with Crippen molar-refractivity contribution in [3.8, 4) is 11.9 Å². The Labute approximate surface area is 108 Å². The molecule has 0 aliphatic heterocycles. The van der Waals surface area contributed by atoms with Crippen molar-refractivity contribution in [2.75, 3.05) is 19.8 Å². The largest absolute Gasteiger partial charge is 0.474 e. The Morgan fingerprint density at radius 1 is 1.33 bits per heavy atom. The van der Waals surface area contributed by atoms with Crippen LogP contribution in [-0.2, 0) is 17.6 Å². The standard InChI is InChI=1S/C14H18N2O2/c1-2-17-7-8-18-14-12(10-15)9-11-5-3-4-6-13(11)16-14/h9H,2-8H2,1H3. The first-order valence-corrected chi connectivity index (χ1v) is 6.48. The van der Waals surface area contributed by atoms with Gasteiger partial charge in [-0.1, -0.05) is 0 Å². The summed E-state index contributed by atoms with van der Waals surface area (Å²) in [5, 5.41) is 9.12. The normalized spacial score (nSPS) is 13.8. The minimum atomic E-state index is 0.439. The van der Waals surface area contributed by atoms with Gasteiger partial charge in [0, 0.05) is 12.3 Å². The lowest BCUT2D eigenvalue weighted by Gasteiger charge is -2.16. The van der Waals surface area contributed by atoms with Gasteiger partial charge in [-0.2, -0.15) is 5.26 Å². The molecule has 0 atom stereocenters. The molecule has 1 aliphatic rings. The quantitative estimate of drug-likeness (QED) is 0.748. The predicted octanol–water partition coefficient (Wildman–Crippen LogP) is 2.25. The van der Waals surface area contributed by atoms with Gasteiger partial charge in [0.2, 0.25) is 5.88 Å². The van der Waals surface area contributed by atoms with Crippen molar-refractivity contribution < 1.29 is 9.47 Å². The van der Waals surface area contributed by atoms with Gasteiger partial charge in [0.15, 0.2) is 0 Å². The molecule has 0 amide bonds. The third kappa shape index (κ3) is 2.99. The van der Waals surface area contributed by atoms with Crippen molar-refractivity contribution in [3.63, 3.8) is 0 Å². The molecule has 1 aromatic heterocycles. The van der Waals surface area contributed by atoms with Gasteiger partial charge in [0.1, 0.15) is 18.2 Å². The van der Waals surface area contributed by atoms with E-state index in [0.717, 1.165) is 18.5 Å². The van der Waals surface area contributed by atoms with E-state index in [1.54, 1.807) is 0 Å². The van der Waals surface area contributed by atoms with E-state index in [2.05, 4.69) is 11.1 Å². The number of aromatic nitrogens is 1. The lowest BCUT2D eigenvalue weighted by atomic mass is 9.95. The summed E-state index contributed by atoms with van der Waals surface area (Å²) in [6.45, 7) is 3.58. The molecule has 1 aromatic rings. The number of rotatable bonds is 5. The van der Waals surface area contributed by atoms with E-state index >= 15 is 0 Å². The van der Waals surface area contributed by atoms with Crippen LogP contribution in [0.1, 0.15) is 36.6 Å². The van der Waals surface area contributed by atoms with Crippen molar-refractivity contribution in [1.82, 2.24) is 4.98 Å². The Balaban J connectivity index is 2.11. The molecule has 18 heavy (non-hydrogen) atoms. The first-order valence-electron chi connectivity index (χ1n) is 6.48. The minimum Gasteiger partial charge on any atom is -0.474 e. The summed E-state index contributed by atoms with van der Waals surface area (Å²) in [6.07, 6.45) is 4.37. The molecule has 96 valence electrons. The second-order valence-corrected chi connectivity index (χ2v) is 4.31. The van der Waals surface area contributed by atoms with Crippen LogP contribution in [0.5, 0.6) is 5.88 Å². The molecule has 1 heterocycles. The number of nitrogens with zero attached hydrogens (tertiary/aromatic N) is 2. The molecule has 0 unspecified atom stereocenters. The van der Waals surface area contributed by atoms with Crippen LogP contribution in [0.25, 0.3) is 0 Å². The van der Waals surface area contributed by atoms with Crippen molar-refractivity contribution >= 4 is 0 Å². The number of hydrogen-bond acceptors (Lipinski definition) is 4. The maximum absolute atomic E-state index is 9.12. The fourth-order valence-electron chi connectivity index (χ4n) is 2.15. The maximum Gasteiger partial charge on any atom is 0.232 e. The molecule has 0 saturated carbocycles. The van der Waals surface area contributed by atoms with Crippen molar-refractivity contribution in [1.29, 1.82) is 5.26 Å². The zero-order valence-electron chi connectivity index (χ0n) is 10.7. The van der Waals surface area contributed by atoms with E-state index in [0.29, 0.717) is 31.3 Å². The van der Waals surface area contributed by atoms with Crippen LogP contribution >= 0.6 is 0 Å². The van der Waals surface area contributed by atoms with Gasteiger partial charge in [0.05, 0.1) is 6.61 Å². The average molecular weight is 246 g/mol. The fraction of sp³-hybridized carbons (Fsp3) is 0.571. The zero-order valence-corrected chi connectivity index (χ0v) is 10.7. The Morgan fingerprint density at radius 3 is 2.94 bits per heavy atom. The monoisotopic (exact) mass is 246 g/mol. The highest BCUT2D eigenvalue weighted by molar-refractivity contribution is 5.43. The van der Waals surface area contributed by atoms with Crippen LogP contribution in [0, 0.1) is 11.3 Å². The molecule has 4 heteroatoms. The smallest absolute Gasteiger partial charge is 0.232 e. The van der Waals surface area contributed by atoms with Crippen LogP contribution in [0.15, 0.2) is 6.07 Å². The maximum atomic E-state index is 9.12. The number of fused-ring (bicyclic) bond motifs is 1. The molecule has 0 radical (unpaired) electrons. The predicted molar refractivity (Wildman–Crippen MR) is 67.6 cm³/mol. The van der Waals surface area contributed by atoms with Crippen LogP contribution in [0.4, 0.5) is 0 Å². The van der Waals surface area contributed by atoms with Crippen LogP contribution in [0.3, 0.4) is 0 Å². The molecule has 0 spiro atoms. The van der Waals surface area contributed by atoms with E-state index in [1.165, 1.54) is 18.4 Å². The molecule has 0 saturated heterocycles. The van der Waals surface area contributed by atoms with Gasteiger partial charge < -0.3 is 9.47 Å². The lowest BCUT2D eigenvalue weighted by molar-refractivity contribution is 0.108. The number of hydrogen-bond donors (Lipinski definition) is 0. The Hall–Kier alpha value is -1.60. The van der Waals surface area contributed by atoms with E-state index in [9.17, 15) is 0 Å². The van der Waals surface area contributed by atoms with Crippen molar-refractivity contribution in [2.24, 2.45) is 0 Å². The van der Waals surface area contributed by atoms with E-state index in [1.807, 2.05) is 13.0 Å². The highest BCUT2D eigenvalue weighted by Crippen LogP contribution is 2.25. The van der Waals surface area contributed by atoms with E-state index in [4.69, 9.17) is 14.7 Å². The number of nitriles is 1. The van der Waals surface area contributed by atoms with E-state index < -0.39 is 0 Å².